The summed E-state index contributed by atoms with van der Waals surface area (Å²) in [5, 5.41) is 3.42. The maximum atomic E-state index is 5.71. The fourth-order valence-electron chi connectivity index (χ4n) is 1.81. The minimum atomic E-state index is 0.677. The highest BCUT2D eigenvalue weighted by atomic mass is 35.5. The van der Waals surface area contributed by atoms with Gasteiger partial charge in [0.25, 0.3) is 0 Å². The zero-order valence-electron chi connectivity index (χ0n) is 10.6. The quantitative estimate of drug-likeness (QED) is 0.786. The molecule has 2 heteroatoms. The fraction of sp³-hybridized carbons (Fsp3) is 0.250. The Bertz CT molecular complexity index is 473. The molecule has 0 aliphatic carbocycles. The van der Waals surface area contributed by atoms with Crippen molar-refractivity contribution < 1.29 is 0 Å². The van der Waals surface area contributed by atoms with Crippen LogP contribution in [0.2, 0.25) is 0 Å². The van der Waals surface area contributed by atoms with Crippen molar-refractivity contribution in [2.24, 2.45) is 0 Å². The second kappa shape index (κ2) is 6.46. The van der Waals surface area contributed by atoms with E-state index in [0.29, 0.717) is 5.88 Å². The van der Waals surface area contributed by atoms with Gasteiger partial charge in [-0.2, -0.15) is 0 Å². The lowest BCUT2D eigenvalue weighted by Crippen LogP contribution is -1.99. The Morgan fingerprint density at radius 1 is 0.889 bits per heavy atom. The zero-order chi connectivity index (χ0) is 12.8. The lowest BCUT2D eigenvalue weighted by Gasteiger charge is -2.07. The number of alkyl halides is 1. The average molecular weight is 260 g/mol. The molecular formula is C16H18ClN. The van der Waals surface area contributed by atoms with E-state index in [4.69, 9.17) is 11.6 Å². The summed E-state index contributed by atoms with van der Waals surface area (Å²) in [5.74, 6) is 0.677. The molecule has 0 saturated carbocycles. The van der Waals surface area contributed by atoms with Gasteiger partial charge in [-0.1, -0.05) is 42.0 Å². The molecule has 0 bridgehead atoms. The molecule has 2 aromatic carbocycles. The van der Waals surface area contributed by atoms with Crippen LogP contribution in [0.25, 0.3) is 0 Å². The third-order valence-electron chi connectivity index (χ3n) is 2.95. The van der Waals surface area contributed by atoms with E-state index in [9.17, 15) is 0 Å². The number of rotatable bonds is 5. The summed E-state index contributed by atoms with van der Waals surface area (Å²) in [6.07, 6.45) is 0.930. The van der Waals surface area contributed by atoms with Gasteiger partial charge in [0.05, 0.1) is 0 Å². The highest BCUT2D eigenvalue weighted by Crippen LogP contribution is 2.12. The normalized spacial score (nSPS) is 10.3. The maximum absolute atomic E-state index is 5.71. The number of benzene rings is 2. The van der Waals surface area contributed by atoms with Gasteiger partial charge >= 0.3 is 0 Å². The van der Waals surface area contributed by atoms with E-state index in [-0.39, 0.29) is 0 Å². The van der Waals surface area contributed by atoms with Gasteiger partial charge in [-0.05, 0) is 36.6 Å². The van der Waals surface area contributed by atoms with Crippen molar-refractivity contribution in [2.45, 2.75) is 19.9 Å². The van der Waals surface area contributed by atoms with Crippen LogP contribution < -0.4 is 5.32 Å². The maximum Gasteiger partial charge on any atom is 0.0400 e. The van der Waals surface area contributed by atoms with Crippen LogP contribution in [0, 0.1) is 6.92 Å². The van der Waals surface area contributed by atoms with Crippen LogP contribution in [0.4, 0.5) is 5.69 Å². The van der Waals surface area contributed by atoms with Crippen LogP contribution in [0.3, 0.4) is 0 Å². The van der Waals surface area contributed by atoms with Gasteiger partial charge in [0.2, 0.25) is 0 Å². The Morgan fingerprint density at radius 2 is 1.50 bits per heavy atom. The molecule has 0 unspecified atom stereocenters. The Morgan fingerprint density at radius 3 is 2.11 bits per heavy atom. The molecule has 18 heavy (non-hydrogen) atoms. The summed E-state index contributed by atoms with van der Waals surface area (Å²) in [6.45, 7) is 2.96. The van der Waals surface area contributed by atoms with Gasteiger partial charge < -0.3 is 5.32 Å². The molecule has 0 aliphatic rings. The first-order valence-electron chi connectivity index (χ1n) is 6.22. The Labute approximate surface area is 114 Å². The summed E-state index contributed by atoms with van der Waals surface area (Å²) >= 11 is 5.71. The number of halogens is 1. The second-order valence-corrected chi connectivity index (χ2v) is 4.85. The van der Waals surface area contributed by atoms with Crippen molar-refractivity contribution in [1.29, 1.82) is 0 Å². The van der Waals surface area contributed by atoms with Crippen LogP contribution in [-0.2, 0) is 13.0 Å². The molecule has 0 radical (unpaired) electrons. The average Bonchev–Trinajstić information content (AvgIpc) is 2.40. The molecule has 1 N–H and O–H groups in total. The molecule has 2 aromatic rings. The monoisotopic (exact) mass is 259 g/mol. The van der Waals surface area contributed by atoms with E-state index in [1.165, 1.54) is 16.7 Å². The van der Waals surface area contributed by atoms with E-state index in [2.05, 4.69) is 60.8 Å². The molecule has 0 fully saturated rings. The third-order valence-corrected chi connectivity index (χ3v) is 3.14. The van der Waals surface area contributed by atoms with Crippen molar-refractivity contribution in [2.75, 3.05) is 11.2 Å². The van der Waals surface area contributed by atoms with Crippen LogP contribution in [-0.4, -0.2) is 5.88 Å². The van der Waals surface area contributed by atoms with Crippen molar-refractivity contribution in [3.05, 3.63) is 65.2 Å². The smallest absolute Gasteiger partial charge is 0.0400 e. The van der Waals surface area contributed by atoms with Crippen LogP contribution in [0.1, 0.15) is 16.7 Å². The molecule has 0 amide bonds. The summed E-state index contributed by atoms with van der Waals surface area (Å²) in [4.78, 5) is 0. The molecule has 94 valence electrons. The number of hydrogen-bond acceptors (Lipinski definition) is 1. The van der Waals surface area contributed by atoms with Crippen LogP contribution in [0.15, 0.2) is 48.5 Å². The van der Waals surface area contributed by atoms with Gasteiger partial charge in [0.1, 0.15) is 0 Å². The predicted molar refractivity (Wildman–Crippen MR) is 79.4 cm³/mol. The van der Waals surface area contributed by atoms with Crippen LogP contribution in [0.5, 0.6) is 0 Å². The van der Waals surface area contributed by atoms with Gasteiger partial charge in [-0.3, -0.25) is 0 Å². The first-order valence-corrected chi connectivity index (χ1v) is 6.76. The highest BCUT2D eigenvalue weighted by Gasteiger charge is 1.95. The molecule has 1 nitrogen and oxygen atoms in total. The summed E-state index contributed by atoms with van der Waals surface area (Å²) in [6, 6.07) is 17.1. The first kappa shape index (κ1) is 13.0. The molecule has 0 aliphatic heterocycles. The van der Waals surface area contributed by atoms with Crippen molar-refractivity contribution >= 4 is 17.3 Å². The molecule has 0 heterocycles. The number of aryl methyl sites for hydroxylation is 2. The molecule has 2 rings (SSSR count). The Hall–Kier alpha value is -1.47. The number of anilines is 1. The summed E-state index contributed by atoms with van der Waals surface area (Å²) < 4.78 is 0. The van der Waals surface area contributed by atoms with E-state index >= 15 is 0 Å². The Balaban J connectivity index is 1.91. The van der Waals surface area contributed by atoms with Gasteiger partial charge in [-0.25, -0.2) is 0 Å². The van der Waals surface area contributed by atoms with Crippen molar-refractivity contribution in [1.82, 2.24) is 0 Å². The van der Waals surface area contributed by atoms with Crippen LogP contribution >= 0.6 is 11.6 Å². The second-order valence-electron chi connectivity index (χ2n) is 4.48. The first-order chi connectivity index (χ1) is 8.78. The number of hydrogen-bond donors (Lipinski definition) is 1. The lowest BCUT2D eigenvalue weighted by atomic mass is 10.1. The molecular weight excluding hydrogens is 242 g/mol. The molecule has 0 atom stereocenters. The Kier molecular flexibility index (Phi) is 4.66. The van der Waals surface area contributed by atoms with E-state index in [0.717, 1.165) is 18.7 Å². The van der Waals surface area contributed by atoms with Crippen molar-refractivity contribution in [3.63, 3.8) is 0 Å². The summed E-state index contributed by atoms with van der Waals surface area (Å²) in [7, 11) is 0. The highest BCUT2D eigenvalue weighted by molar-refractivity contribution is 6.17. The minimum Gasteiger partial charge on any atom is -0.381 e. The molecule has 0 aromatic heterocycles. The van der Waals surface area contributed by atoms with Gasteiger partial charge in [0.15, 0.2) is 0 Å². The minimum absolute atomic E-state index is 0.677. The summed E-state index contributed by atoms with van der Waals surface area (Å²) in [5.41, 5.74) is 5.02. The van der Waals surface area contributed by atoms with Crippen molar-refractivity contribution in [3.8, 4) is 0 Å². The van der Waals surface area contributed by atoms with E-state index in [1.54, 1.807) is 0 Å². The van der Waals surface area contributed by atoms with E-state index < -0.39 is 0 Å². The topological polar surface area (TPSA) is 12.0 Å². The zero-order valence-corrected chi connectivity index (χ0v) is 11.4. The standard InChI is InChI=1S/C16H18ClN/c1-13-2-4-15(5-3-13)12-18-16-8-6-14(7-9-16)10-11-17/h2-9,18H,10-12H2,1H3. The predicted octanol–water partition coefficient (Wildman–Crippen LogP) is 4.39. The third kappa shape index (κ3) is 3.78. The SMILES string of the molecule is Cc1ccc(CNc2ccc(CCCl)cc2)cc1. The molecule has 0 saturated heterocycles. The number of nitrogens with one attached hydrogen (secondary N) is 1. The van der Waals surface area contributed by atoms with Gasteiger partial charge in [-0.15, -0.1) is 11.6 Å². The van der Waals surface area contributed by atoms with E-state index in [1.807, 2.05) is 0 Å². The fourth-order valence-corrected chi connectivity index (χ4v) is 2.03. The van der Waals surface area contributed by atoms with Gasteiger partial charge in [0, 0.05) is 18.1 Å². The lowest BCUT2D eigenvalue weighted by molar-refractivity contribution is 1.13. The molecule has 0 spiro atoms. The largest absolute Gasteiger partial charge is 0.381 e.